The summed E-state index contributed by atoms with van der Waals surface area (Å²) in [5.74, 6) is 0.939. The predicted octanol–water partition coefficient (Wildman–Crippen LogP) is 4.07. The second-order valence-electron chi connectivity index (χ2n) is 6.75. The van der Waals surface area contributed by atoms with Gasteiger partial charge in [-0.2, -0.15) is 18.2 Å². The molecule has 0 unspecified atom stereocenters. The van der Waals surface area contributed by atoms with Crippen LogP contribution in [-0.2, 0) is 12.7 Å². The molecule has 10 heteroatoms. The second kappa shape index (κ2) is 8.19. The Morgan fingerprint density at radius 2 is 1.83 bits per heavy atom. The minimum atomic E-state index is -4.39. The van der Waals surface area contributed by atoms with Crippen LogP contribution in [0.2, 0.25) is 0 Å². The first-order chi connectivity index (χ1) is 13.9. The van der Waals surface area contributed by atoms with E-state index in [0.717, 1.165) is 48.2 Å². The normalized spacial score (nSPS) is 15.9. The molecule has 0 radical (unpaired) electrons. The number of rotatable bonds is 5. The van der Waals surface area contributed by atoms with Crippen LogP contribution >= 0.6 is 11.8 Å². The summed E-state index contributed by atoms with van der Waals surface area (Å²) in [4.78, 5) is 17.2. The Bertz CT molecular complexity index is 968. The van der Waals surface area contributed by atoms with Crippen molar-refractivity contribution in [3.8, 4) is 0 Å². The number of fused-ring (bicyclic) bond motifs is 1. The zero-order chi connectivity index (χ0) is 20.4. The summed E-state index contributed by atoms with van der Waals surface area (Å²) in [7, 11) is 0. The Morgan fingerprint density at radius 3 is 2.48 bits per heavy atom. The molecule has 1 saturated heterocycles. The highest BCUT2D eigenvalue weighted by molar-refractivity contribution is 7.99. The Kier molecular flexibility index (Phi) is 5.64. The lowest BCUT2D eigenvalue weighted by molar-refractivity contribution is -0.137. The number of oxazole rings is 1. The number of alkyl halides is 3. The maximum Gasteiger partial charge on any atom is 0.416 e. The summed E-state index contributed by atoms with van der Waals surface area (Å²) in [5.41, 5.74) is 0.915. The van der Waals surface area contributed by atoms with Gasteiger partial charge in [0, 0.05) is 50.7 Å². The fourth-order valence-electron chi connectivity index (χ4n) is 3.21. The van der Waals surface area contributed by atoms with Crippen molar-refractivity contribution in [3.05, 3.63) is 41.7 Å². The van der Waals surface area contributed by atoms with E-state index in [2.05, 4.69) is 26.8 Å². The molecular weight excluding hydrogens is 403 g/mol. The van der Waals surface area contributed by atoms with E-state index in [4.69, 9.17) is 4.42 Å². The Morgan fingerprint density at radius 1 is 1.10 bits per heavy atom. The summed E-state index contributed by atoms with van der Waals surface area (Å²) in [6.07, 6.45) is -0.678. The van der Waals surface area contributed by atoms with Crippen molar-refractivity contribution < 1.29 is 17.6 Å². The maximum absolute atomic E-state index is 12.9. The van der Waals surface area contributed by atoms with Gasteiger partial charge >= 0.3 is 6.18 Å². The molecule has 1 aliphatic rings. The van der Waals surface area contributed by atoms with Gasteiger partial charge in [0.1, 0.15) is 5.52 Å². The van der Waals surface area contributed by atoms with Crippen LogP contribution in [0.5, 0.6) is 0 Å². The number of hydrogen-bond donors (Lipinski definition) is 0. The van der Waals surface area contributed by atoms with Crippen molar-refractivity contribution in [2.45, 2.75) is 24.8 Å². The largest absolute Gasteiger partial charge is 0.423 e. The van der Waals surface area contributed by atoms with Crippen molar-refractivity contribution in [1.82, 2.24) is 19.9 Å². The number of thioether (sulfide) groups is 1. The fraction of sp³-hybridized carbons (Fsp3) is 0.421. The third kappa shape index (κ3) is 4.64. The van der Waals surface area contributed by atoms with Crippen LogP contribution in [-0.4, -0.2) is 51.8 Å². The summed E-state index contributed by atoms with van der Waals surface area (Å²) >= 11 is 1.61. The van der Waals surface area contributed by atoms with Gasteiger partial charge in [0.15, 0.2) is 10.7 Å². The smallest absolute Gasteiger partial charge is 0.416 e. The molecule has 6 nitrogen and oxygen atoms in total. The molecule has 1 aliphatic heterocycles. The summed E-state index contributed by atoms with van der Waals surface area (Å²) in [6.45, 7) is 5.77. The first-order valence-electron chi connectivity index (χ1n) is 9.31. The second-order valence-corrected chi connectivity index (χ2v) is 7.98. The van der Waals surface area contributed by atoms with E-state index in [1.807, 2.05) is 17.3 Å². The average molecular weight is 423 g/mol. The summed E-state index contributed by atoms with van der Waals surface area (Å²) in [5, 5.41) is 0.783. The molecule has 0 spiro atoms. The number of piperazine rings is 1. The number of nitrogens with zero attached hydrogens (tertiary/aromatic N) is 5. The van der Waals surface area contributed by atoms with Crippen LogP contribution < -0.4 is 4.90 Å². The molecule has 154 valence electrons. The highest BCUT2D eigenvalue weighted by atomic mass is 32.2. The maximum atomic E-state index is 12.9. The minimum absolute atomic E-state index is 0.222. The lowest BCUT2D eigenvalue weighted by Gasteiger charge is -2.33. The number of anilines is 1. The average Bonchev–Trinajstić information content (AvgIpc) is 3.13. The molecule has 0 amide bonds. The van der Waals surface area contributed by atoms with Gasteiger partial charge in [-0.15, -0.1) is 0 Å². The molecule has 0 N–H and O–H groups in total. The van der Waals surface area contributed by atoms with Crippen LogP contribution in [0.15, 0.2) is 40.2 Å². The molecule has 0 saturated carbocycles. The molecular formula is C19H20F3N5OS. The molecule has 1 aromatic carbocycles. The van der Waals surface area contributed by atoms with E-state index in [9.17, 15) is 13.2 Å². The Labute approximate surface area is 170 Å². The fourth-order valence-corrected chi connectivity index (χ4v) is 3.72. The first kappa shape index (κ1) is 20.0. The van der Waals surface area contributed by atoms with E-state index in [1.54, 1.807) is 11.8 Å². The predicted molar refractivity (Wildman–Crippen MR) is 105 cm³/mol. The van der Waals surface area contributed by atoms with Gasteiger partial charge in [-0.3, -0.25) is 4.90 Å². The topological polar surface area (TPSA) is 58.3 Å². The van der Waals surface area contributed by atoms with Gasteiger partial charge in [0.25, 0.3) is 6.01 Å². The molecule has 1 fully saturated rings. The monoisotopic (exact) mass is 423 g/mol. The van der Waals surface area contributed by atoms with Gasteiger partial charge in [-0.1, -0.05) is 18.7 Å². The van der Waals surface area contributed by atoms with E-state index >= 15 is 0 Å². The lowest BCUT2D eigenvalue weighted by Crippen LogP contribution is -2.46. The van der Waals surface area contributed by atoms with Gasteiger partial charge in [0.05, 0.1) is 5.56 Å². The Balaban J connectivity index is 1.37. The molecule has 0 bridgehead atoms. The van der Waals surface area contributed by atoms with Crippen LogP contribution in [0.1, 0.15) is 18.1 Å². The molecule has 4 rings (SSSR count). The van der Waals surface area contributed by atoms with Crippen molar-refractivity contribution in [2.24, 2.45) is 0 Å². The van der Waals surface area contributed by atoms with Crippen molar-refractivity contribution >= 4 is 28.9 Å². The SMILES string of the molecule is CCSc1ncc(CN2CCN(c3nc4cc(C(F)(F)F)ccc4o3)CC2)cn1. The van der Waals surface area contributed by atoms with Crippen LogP contribution in [0.4, 0.5) is 19.2 Å². The number of benzene rings is 1. The van der Waals surface area contributed by atoms with Crippen molar-refractivity contribution in [1.29, 1.82) is 0 Å². The van der Waals surface area contributed by atoms with Crippen molar-refractivity contribution in [2.75, 3.05) is 36.8 Å². The first-order valence-corrected chi connectivity index (χ1v) is 10.3. The molecule has 3 aromatic rings. The van der Waals surface area contributed by atoms with E-state index in [-0.39, 0.29) is 5.52 Å². The zero-order valence-corrected chi connectivity index (χ0v) is 16.6. The number of hydrogen-bond acceptors (Lipinski definition) is 7. The van der Waals surface area contributed by atoms with Gasteiger partial charge < -0.3 is 9.32 Å². The van der Waals surface area contributed by atoms with Crippen LogP contribution in [0, 0.1) is 0 Å². The Hall–Kier alpha value is -2.33. The highest BCUT2D eigenvalue weighted by Crippen LogP contribution is 2.32. The molecule has 2 aromatic heterocycles. The number of halogens is 3. The minimum Gasteiger partial charge on any atom is -0.423 e. The third-order valence-corrected chi connectivity index (χ3v) is 5.47. The van der Waals surface area contributed by atoms with E-state index in [1.165, 1.54) is 6.07 Å². The standard InChI is InChI=1S/C19H20F3N5OS/c1-2-29-17-23-10-13(11-24-17)12-26-5-7-27(8-6-26)18-25-15-9-14(19(20,21)22)3-4-16(15)28-18/h3-4,9-11H,2,5-8,12H2,1H3. The lowest BCUT2D eigenvalue weighted by atomic mass is 10.2. The third-order valence-electron chi connectivity index (χ3n) is 4.71. The van der Waals surface area contributed by atoms with E-state index < -0.39 is 11.7 Å². The van der Waals surface area contributed by atoms with Gasteiger partial charge in [-0.25, -0.2) is 9.97 Å². The molecule has 29 heavy (non-hydrogen) atoms. The number of aromatic nitrogens is 3. The summed E-state index contributed by atoms with van der Waals surface area (Å²) in [6, 6.07) is 3.73. The molecule has 0 atom stereocenters. The van der Waals surface area contributed by atoms with Gasteiger partial charge in [0.2, 0.25) is 0 Å². The van der Waals surface area contributed by atoms with Crippen molar-refractivity contribution in [3.63, 3.8) is 0 Å². The molecule has 0 aliphatic carbocycles. The van der Waals surface area contributed by atoms with Crippen LogP contribution in [0.25, 0.3) is 11.1 Å². The van der Waals surface area contributed by atoms with Crippen LogP contribution in [0.3, 0.4) is 0 Å². The quantitative estimate of drug-likeness (QED) is 0.453. The summed E-state index contributed by atoms with van der Waals surface area (Å²) < 4.78 is 44.3. The molecule has 3 heterocycles. The van der Waals surface area contributed by atoms with Gasteiger partial charge in [-0.05, 0) is 24.0 Å². The highest BCUT2D eigenvalue weighted by Gasteiger charge is 2.31. The van der Waals surface area contributed by atoms with E-state index in [0.29, 0.717) is 24.7 Å². The zero-order valence-electron chi connectivity index (χ0n) is 15.8.